The van der Waals surface area contributed by atoms with Gasteiger partial charge in [-0.15, -0.1) is 0 Å². The van der Waals surface area contributed by atoms with Crippen LogP contribution in [0.2, 0.25) is 10.0 Å². The number of nitrogens with zero attached hydrogens (tertiary/aromatic N) is 1. The van der Waals surface area contributed by atoms with Crippen LogP contribution in [0.4, 0.5) is 5.69 Å². The van der Waals surface area contributed by atoms with Gasteiger partial charge in [0.1, 0.15) is 0 Å². The Bertz CT molecular complexity index is 1120. The average Bonchev–Trinajstić information content (AvgIpc) is 2.86. The summed E-state index contributed by atoms with van der Waals surface area (Å²) < 4.78 is 0. The van der Waals surface area contributed by atoms with Crippen LogP contribution < -0.4 is 5.48 Å². The minimum absolute atomic E-state index is 0.330. The van der Waals surface area contributed by atoms with Crippen molar-refractivity contribution in [1.29, 1.82) is 0 Å². The maximum atomic E-state index is 12.1. The van der Waals surface area contributed by atoms with Gasteiger partial charge in [-0.1, -0.05) is 59.2 Å². The third-order valence-corrected chi connectivity index (χ3v) is 6.08. The maximum Gasteiger partial charge on any atom is 0.274 e. The highest BCUT2D eigenvalue weighted by Gasteiger charge is 2.20. The fourth-order valence-electron chi connectivity index (χ4n) is 2.90. The van der Waals surface area contributed by atoms with Crippen molar-refractivity contribution in [2.75, 3.05) is 7.11 Å². The van der Waals surface area contributed by atoms with E-state index in [2.05, 4.69) is 5.48 Å². The number of rotatable bonds is 3. The van der Waals surface area contributed by atoms with E-state index in [-0.39, 0.29) is 5.91 Å². The Morgan fingerprint density at radius 2 is 1.82 bits per heavy atom. The number of nitrogens with one attached hydrogen (secondary N) is 1. The quantitative estimate of drug-likeness (QED) is 0.412. The molecule has 28 heavy (non-hydrogen) atoms. The zero-order chi connectivity index (χ0) is 19.7. The molecule has 1 amide bonds. The molecular formula is C21H14Cl2N2O2S. The van der Waals surface area contributed by atoms with Crippen molar-refractivity contribution in [3.63, 3.8) is 0 Å². The summed E-state index contributed by atoms with van der Waals surface area (Å²) in [6.45, 7) is 0. The summed E-state index contributed by atoms with van der Waals surface area (Å²) in [4.78, 5) is 23.8. The van der Waals surface area contributed by atoms with Crippen LogP contribution in [0.15, 0.2) is 75.4 Å². The number of aliphatic imine (C=N–C) groups is 1. The molecule has 7 heteroatoms. The lowest BCUT2D eigenvalue weighted by Crippen LogP contribution is -2.21. The van der Waals surface area contributed by atoms with Crippen molar-refractivity contribution in [3.8, 4) is 0 Å². The van der Waals surface area contributed by atoms with Gasteiger partial charge in [0.05, 0.1) is 28.6 Å². The van der Waals surface area contributed by atoms with Crippen LogP contribution in [0.3, 0.4) is 0 Å². The second-order valence-electron chi connectivity index (χ2n) is 6.01. The number of halogens is 2. The Labute approximate surface area is 176 Å². The number of fused-ring (bicyclic) bond motifs is 2. The minimum Gasteiger partial charge on any atom is -0.277 e. The molecule has 1 heterocycles. The summed E-state index contributed by atoms with van der Waals surface area (Å²) in [5.41, 5.74) is 6.10. The van der Waals surface area contributed by atoms with Crippen LogP contribution >= 0.6 is 35.0 Å². The summed E-state index contributed by atoms with van der Waals surface area (Å²) in [7, 11) is 1.40. The van der Waals surface area contributed by atoms with Crippen LogP contribution in [-0.2, 0) is 4.84 Å². The Balaban J connectivity index is 1.91. The highest BCUT2D eigenvalue weighted by atomic mass is 35.5. The molecule has 0 aromatic heterocycles. The van der Waals surface area contributed by atoms with Crippen LogP contribution in [0, 0.1) is 0 Å². The zero-order valence-corrected chi connectivity index (χ0v) is 17.0. The molecule has 0 saturated heterocycles. The lowest BCUT2D eigenvalue weighted by atomic mass is 10.0. The first-order chi connectivity index (χ1) is 13.6. The molecule has 3 aromatic rings. The van der Waals surface area contributed by atoms with Gasteiger partial charge in [0, 0.05) is 26.5 Å². The number of hydrogen-bond acceptors (Lipinski definition) is 4. The Hall–Kier alpha value is -2.31. The second kappa shape index (κ2) is 7.97. The fraction of sp³-hybridized carbons (Fsp3) is 0.0476. The molecule has 0 radical (unpaired) electrons. The Morgan fingerprint density at radius 1 is 1.00 bits per heavy atom. The van der Waals surface area contributed by atoms with Gasteiger partial charge in [-0.25, -0.2) is 10.5 Å². The molecule has 140 valence electrons. The van der Waals surface area contributed by atoms with Crippen LogP contribution in [0.1, 0.15) is 21.5 Å². The minimum atomic E-state index is -0.330. The van der Waals surface area contributed by atoms with Gasteiger partial charge in [-0.2, -0.15) is 0 Å². The zero-order valence-electron chi connectivity index (χ0n) is 14.7. The standard InChI is InChI=1S/C21H14Cl2N2O2S/c1-27-25-21(26)13-7-9-19-17(11-13)24-20(12-6-8-15(22)16(23)10-12)14-4-2-3-5-18(14)28-19/h2-11H,1H3,(H,25,26). The molecule has 0 fully saturated rings. The average molecular weight is 429 g/mol. The molecule has 1 aliphatic rings. The molecule has 0 spiro atoms. The molecule has 3 aromatic carbocycles. The largest absolute Gasteiger partial charge is 0.277 e. The highest BCUT2D eigenvalue weighted by Crippen LogP contribution is 2.42. The van der Waals surface area contributed by atoms with Crippen LogP contribution in [0.5, 0.6) is 0 Å². The predicted octanol–water partition coefficient (Wildman–Crippen LogP) is 5.92. The lowest BCUT2D eigenvalue weighted by molar-refractivity contribution is 0.0537. The number of carbonyl (C=O) groups excluding carboxylic acids is 1. The summed E-state index contributed by atoms with van der Waals surface area (Å²) in [5, 5.41) is 0.950. The van der Waals surface area contributed by atoms with Crippen LogP contribution in [0.25, 0.3) is 0 Å². The SMILES string of the molecule is CONC(=O)c1ccc2c(c1)N=C(c1ccc(Cl)c(Cl)c1)c1ccccc1S2. The van der Waals surface area contributed by atoms with E-state index in [4.69, 9.17) is 33.0 Å². The van der Waals surface area contributed by atoms with Crippen molar-refractivity contribution in [3.05, 3.63) is 87.4 Å². The van der Waals surface area contributed by atoms with E-state index < -0.39 is 0 Å². The van der Waals surface area contributed by atoms with Gasteiger partial charge in [-0.05, 0) is 36.4 Å². The van der Waals surface area contributed by atoms with Crippen molar-refractivity contribution in [1.82, 2.24) is 5.48 Å². The molecule has 0 atom stereocenters. The van der Waals surface area contributed by atoms with E-state index in [0.717, 1.165) is 26.6 Å². The van der Waals surface area contributed by atoms with E-state index >= 15 is 0 Å². The third-order valence-electron chi connectivity index (χ3n) is 4.20. The highest BCUT2D eigenvalue weighted by molar-refractivity contribution is 7.99. The molecule has 0 unspecified atom stereocenters. The van der Waals surface area contributed by atoms with Gasteiger partial charge in [0.25, 0.3) is 5.91 Å². The van der Waals surface area contributed by atoms with Crippen molar-refractivity contribution in [2.24, 2.45) is 4.99 Å². The molecule has 0 bridgehead atoms. The molecule has 0 saturated carbocycles. The van der Waals surface area contributed by atoms with Gasteiger partial charge < -0.3 is 0 Å². The number of hydroxylamine groups is 1. The third kappa shape index (κ3) is 3.66. The number of amides is 1. The molecule has 4 nitrogen and oxygen atoms in total. The normalized spacial score (nSPS) is 12.5. The summed E-state index contributed by atoms with van der Waals surface area (Å²) in [6, 6.07) is 18.9. The predicted molar refractivity (Wildman–Crippen MR) is 113 cm³/mol. The fourth-order valence-corrected chi connectivity index (χ4v) is 4.20. The molecule has 1 N–H and O–H groups in total. The summed E-state index contributed by atoms with van der Waals surface area (Å²) in [6.07, 6.45) is 0. The van der Waals surface area contributed by atoms with Crippen LogP contribution in [-0.4, -0.2) is 18.7 Å². The maximum absolute atomic E-state index is 12.1. The van der Waals surface area contributed by atoms with Gasteiger partial charge in [0.2, 0.25) is 0 Å². The smallest absolute Gasteiger partial charge is 0.274 e. The summed E-state index contributed by atoms with van der Waals surface area (Å²) in [5.74, 6) is -0.330. The second-order valence-corrected chi connectivity index (χ2v) is 7.90. The van der Waals surface area contributed by atoms with Gasteiger partial charge >= 0.3 is 0 Å². The number of carbonyl (C=O) groups is 1. The number of hydrogen-bond donors (Lipinski definition) is 1. The molecular weight excluding hydrogens is 415 g/mol. The Kier molecular flexibility index (Phi) is 5.42. The topological polar surface area (TPSA) is 50.7 Å². The van der Waals surface area contributed by atoms with E-state index in [0.29, 0.717) is 21.3 Å². The first-order valence-electron chi connectivity index (χ1n) is 8.35. The first kappa shape index (κ1) is 19.0. The summed E-state index contributed by atoms with van der Waals surface area (Å²) >= 11 is 13.9. The van der Waals surface area contributed by atoms with Gasteiger partial charge in [0.15, 0.2) is 0 Å². The lowest BCUT2D eigenvalue weighted by Gasteiger charge is -2.09. The monoisotopic (exact) mass is 428 g/mol. The van der Waals surface area contributed by atoms with Crippen molar-refractivity contribution < 1.29 is 9.63 Å². The Morgan fingerprint density at radius 3 is 2.61 bits per heavy atom. The van der Waals surface area contributed by atoms with Crippen molar-refractivity contribution in [2.45, 2.75) is 9.79 Å². The molecule has 0 aliphatic carbocycles. The molecule has 4 rings (SSSR count). The van der Waals surface area contributed by atoms with Crippen molar-refractivity contribution >= 4 is 52.3 Å². The number of benzene rings is 3. The van der Waals surface area contributed by atoms with E-state index in [1.807, 2.05) is 36.4 Å². The molecule has 1 aliphatic heterocycles. The van der Waals surface area contributed by atoms with E-state index in [1.165, 1.54) is 7.11 Å². The van der Waals surface area contributed by atoms with E-state index in [9.17, 15) is 4.79 Å². The first-order valence-corrected chi connectivity index (χ1v) is 9.93. The van der Waals surface area contributed by atoms with Gasteiger partial charge in [-0.3, -0.25) is 9.63 Å². The van der Waals surface area contributed by atoms with E-state index in [1.54, 1.807) is 36.0 Å².